The smallest absolute Gasteiger partial charge is 0.244 e. The number of rotatable bonds is 5. The fraction of sp³-hybridized carbons (Fsp3) is 0.238. The van der Waals surface area contributed by atoms with Gasteiger partial charge in [-0.05, 0) is 31.2 Å². The van der Waals surface area contributed by atoms with E-state index < -0.39 is 10.0 Å². The normalized spacial score (nSPS) is 14.8. The van der Waals surface area contributed by atoms with Crippen LogP contribution in [-0.4, -0.2) is 53.9 Å². The first kappa shape index (κ1) is 20.7. The quantitative estimate of drug-likeness (QED) is 0.649. The van der Waals surface area contributed by atoms with Gasteiger partial charge in [-0.25, -0.2) is 23.4 Å². The van der Waals surface area contributed by atoms with Crippen molar-refractivity contribution in [3.63, 3.8) is 0 Å². The number of nitriles is 1. The van der Waals surface area contributed by atoms with E-state index in [9.17, 15) is 13.7 Å². The molecule has 0 saturated carbocycles. The first-order valence-corrected chi connectivity index (χ1v) is 11.2. The Morgan fingerprint density at radius 3 is 2.45 bits per heavy atom. The van der Waals surface area contributed by atoms with Crippen molar-refractivity contribution in [2.75, 3.05) is 36.4 Å². The Bertz CT molecular complexity index is 1220. The predicted octanol–water partition coefficient (Wildman–Crippen LogP) is 2.31. The van der Waals surface area contributed by atoms with E-state index in [1.807, 2.05) is 42.2 Å². The molecule has 158 valence electrons. The van der Waals surface area contributed by atoms with Crippen LogP contribution >= 0.6 is 0 Å². The molecule has 9 nitrogen and oxygen atoms in total. The monoisotopic (exact) mass is 435 g/mol. The van der Waals surface area contributed by atoms with Crippen LogP contribution in [0.1, 0.15) is 11.4 Å². The third-order valence-corrected chi connectivity index (χ3v) is 6.89. The molecule has 1 aliphatic rings. The van der Waals surface area contributed by atoms with Gasteiger partial charge in [-0.1, -0.05) is 18.2 Å². The van der Waals surface area contributed by atoms with Crippen LogP contribution in [0.3, 0.4) is 0 Å². The minimum absolute atomic E-state index is 0.0469. The van der Waals surface area contributed by atoms with Gasteiger partial charge in [0.05, 0.1) is 10.5 Å². The molecule has 1 fully saturated rings. The van der Waals surface area contributed by atoms with E-state index in [-0.39, 0.29) is 10.5 Å². The molecule has 2 aromatic heterocycles. The number of pyridine rings is 1. The number of hydrogen-bond acceptors (Lipinski definition) is 8. The SMILES string of the molecule is Cc1nc(Nc2ccccn2)cc(N2CCN(S(=O)(=O)c3ccccc3C#N)CC2)n1. The zero-order valence-electron chi connectivity index (χ0n) is 16.9. The summed E-state index contributed by atoms with van der Waals surface area (Å²) < 4.78 is 27.5. The van der Waals surface area contributed by atoms with Gasteiger partial charge in [-0.15, -0.1) is 0 Å². The maximum atomic E-state index is 13.0. The summed E-state index contributed by atoms with van der Waals surface area (Å²) in [5, 5.41) is 12.4. The van der Waals surface area contributed by atoms with Gasteiger partial charge in [0, 0.05) is 38.4 Å². The number of anilines is 3. The second-order valence-electron chi connectivity index (χ2n) is 7.00. The lowest BCUT2D eigenvalue weighted by atomic mass is 10.2. The van der Waals surface area contributed by atoms with Gasteiger partial charge in [-0.2, -0.15) is 9.57 Å². The highest BCUT2D eigenvalue weighted by Crippen LogP contribution is 2.24. The number of aryl methyl sites for hydroxylation is 1. The van der Waals surface area contributed by atoms with Crippen LogP contribution in [-0.2, 0) is 10.0 Å². The van der Waals surface area contributed by atoms with Gasteiger partial charge in [0.1, 0.15) is 29.3 Å². The van der Waals surface area contributed by atoms with Gasteiger partial charge in [0.2, 0.25) is 10.0 Å². The summed E-state index contributed by atoms with van der Waals surface area (Å²) >= 11 is 0. The highest BCUT2D eigenvalue weighted by Gasteiger charge is 2.30. The second kappa shape index (κ2) is 8.67. The molecule has 10 heteroatoms. The van der Waals surface area contributed by atoms with Crippen molar-refractivity contribution in [1.82, 2.24) is 19.3 Å². The second-order valence-corrected chi connectivity index (χ2v) is 8.90. The van der Waals surface area contributed by atoms with Gasteiger partial charge in [-0.3, -0.25) is 0 Å². The molecular formula is C21H21N7O2S. The first-order chi connectivity index (χ1) is 15.0. The predicted molar refractivity (Wildman–Crippen MR) is 116 cm³/mol. The standard InChI is InChI=1S/C21H21N7O2S/c1-16-24-20(26-19-8-4-5-9-23-19)14-21(25-16)27-10-12-28(13-11-27)31(29,30)18-7-3-2-6-17(18)15-22/h2-9,14H,10-13H2,1H3,(H,23,24,25,26). The zero-order chi connectivity index (χ0) is 21.8. The van der Waals surface area contributed by atoms with Crippen molar-refractivity contribution in [1.29, 1.82) is 5.26 Å². The Balaban J connectivity index is 1.49. The fourth-order valence-corrected chi connectivity index (χ4v) is 4.99. The molecule has 0 atom stereocenters. The number of sulfonamides is 1. The summed E-state index contributed by atoms with van der Waals surface area (Å²) in [4.78, 5) is 15.2. The molecule has 0 unspecified atom stereocenters. The Hall–Kier alpha value is -3.55. The summed E-state index contributed by atoms with van der Waals surface area (Å²) in [5.41, 5.74) is 0.154. The molecule has 1 aliphatic heterocycles. The first-order valence-electron chi connectivity index (χ1n) is 9.75. The molecule has 0 aliphatic carbocycles. The molecule has 4 rings (SSSR count). The minimum atomic E-state index is -3.74. The summed E-state index contributed by atoms with van der Waals surface area (Å²) in [5.74, 6) is 2.63. The van der Waals surface area contributed by atoms with E-state index in [0.717, 1.165) is 5.82 Å². The van der Waals surface area contributed by atoms with Gasteiger partial charge in [0.15, 0.2) is 0 Å². The number of benzene rings is 1. The van der Waals surface area contributed by atoms with Gasteiger partial charge >= 0.3 is 0 Å². The molecule has 31 heavy (non-hydrogen) atoms. The highest BCUT2D eigenvalue weighted by molar-refractivity contribution is 7.89. The van der Waals surface area contributed by atoms with Gasteiger partial charge < -0.3 is 10.2 Å². The molecular weight excluding hydrogens is 414 g/mol. The average Bonchev–Trinajstić information content (AvgIpc) is 2.79. The lowest BCUT2D eigenvalue weighted by molar-refractivity contribution is 0.383. The number of nitrogens with zero attached hydrogens (tertiary/aromatic N) is 6. The van der Waals surface area contributed by atoms with Crippen LogP contribution in [0.15, 0.2) is 59.6 Å². The van der Waals surface area contributed by atoms with Crippen molar-refractivity contribution in [2.24, 2.45) is 0 Å². The summed E-state index contributed by atoms with van der Waals surface area (Å²) in [6, 6.07) is 15.6. The number of aromatic nitrogens is 3. The molecule has 0 bridgehead atoms. The van der Waals surface area contributed by atoms with E-state index in [0.29, 0.717) is 43.6 Å². The Morgan fingerprint density at radius 2 is 1.74 bits per heavy atom. The molecule has 0 amide bonds. The van der Waals surface area contributed by atoms with Crippen molar-refractivity contribution < 1.29 is 8.42 Å². The summed E-state index contributed by atoms with van der Waals surface area (Å²) in [6.07, 6.45) is 1.70. The van der Waals surface area contributed by atoms with Crippen molar-refractivity contribution in [3.05, 3.63) is 66.1 Å². The van der Waals surface area contributed by atoms with Crippen LogP contribution in [0.25, 0.3) is 0 Å². The molecule has 1 aromatic carbocycles. The number of piperazine rings is 1. The van der Waals surface area contributed by atoms with E-state index in [1.54, 1.807) is 18.3 Å². The lowest BCUT2D eigenvalue weighted by Crippen LogP contribution is -2.49. The van der Waals surface area contributed by atoms with Crippen molar-refractivity contribution in [3.8, 4) is 6.07 Å². The van der Waals surface area contributed by atoms with Crippen LogP contribution in [0, 0.1) is 18.3 Å². The zero-order valence-corrected chi connectivity index (χ0v) is 17.7. The molecule has 0 spiro atoms. The minimum Gasteiger partial charge on any atom is -0.354 e. The highest BCUT2D eigenvalue weighted by atomic mass is 32.2. The molecule has 1 saturated heterocycles. The van der Waals surface area contributed by atoms with Crippen molar-refractivity contribution >= 4 is 27.5 Å². The van der Waals surface area contributed by atoms with E-state index in [1.165, 1.54) is 16.4 Å². The Morgan fingerprint density at radius 1 is 1.00 bits per heavy atom. The topological polar surface area (TPSA) is 115 Å². The maximum absolute atomic E-state index is 13.0. The summed E-state index contributed by atoms with van der Waals surface area (Å²) in [7, 11) is -3.74. The molecule has 0 radical (unpaired) electrons. The van der Waals surface area contributed by atoms with E-state index in [4.69, 9.17) is 0 Å². The van der Waals surface area contributed by atoms with Gasteiger partial charge in [0.25, 0.3) is 0 Å². The fourth-order valence-electron chi connectivity index (χ4n) is 3.43. The average molecular weight is 436 g/mol. The number of hydrogen-bond donors (Lipinski definition) is 1. The van der Waals surface area contributed by atoms with Crippen LogP contribution in [0.5, 0.6) is 0 Å². The third kappa shape index (κ3) is 4.47. The Labute approximate surface area is 181 Å². The Kier molecular flexibility index (Phi) is 5.79. The van der Waals surface area contributed by atoms with Crippen LogP contribution < -0.4 is 10.2 Å². The van der Waals surface area contributed by atoms with Crippen LogP contribution in [0.2, 0.25) is 0 Å². The molecule has 1 N–H and O–H groups in total. The summed E-state index contributed by atoms with van der Waals surface area (Å²) in [6.45, 7) is 3.37. The van der Waals surface area contributed by atoms with Crippen LogP contribution in [0.4, 0.5) is 17.5 Å². The van der Waals surface area contributed by atoms with E-state index >= 15 is 0 Å². The molecule has 3 aromatic rings. The largest absolute Gasteiger partial charge is 0.354 e. The number of nitrogens with one attached hydrogen (secondary N) is 1. The maximum Gasteiger partial charge on any atom is 0.244 e. The van der Waals surface area contributed by atoms with Crippen molar-refractivity contribution in [2.45, 2.75) is 11.8 Å². The molecule has 3 heterocycles. The lowest BCUT2D eigenvalue weighted by Gasteiger charge is -2.35. The van der Waals surface area contributed by atoms with E-state index in [2.05, 4.69) is 20.3 Å². The third-order valence-electron chi connectivity index (χ3n) is 4.93.